The number of urea groups is 1. The molecule has 0 unspecified atom stereocenters. The van der Waals surface area contributed by atoms with Crippen LogP contribution in [-0.4, -0.2) is 40.8 Å². The van der Waals surface area contributed by atoms with Crippen molar-refractivity contribution < 1.29 is 14.7 Å². The molecular weight excluding hydrogens is 288 g/mol. The number of thioether (sulfide) groups is 1. The van der Waals surface area contributed by atoms with Crippen LogP contribution in [0.2, 0.25) is 0 Å². The Bertz CT molecular complexity index is 474. The molecule has 6 heteroatoms. The van der Waals surface area contributed by atoms with E-state index in [1.807, 2.05) is 44.4 Å². The van der Waals surface area contributed by atoms with E-state index in [0.29, 0.717) is 13.0 Å². The molecule has 5 nitrogen and oxygen atoms in total. The number of hydrogen-bond donors (Lipinski definition) is 2. The van der Waals surface area contributed by atoms with Crippen LogP contribution in [0.25, 0.3) is 0 Å². The summed E-state index contributed by atoms with van der Waals surface area (Å²) in [4.78, 5) is 25.6. The molecule has 1 aromatic rings. The summed E-state index contributed by atoms with van der Waals surface area (Å²) in [6, 6.07) is 7.44. The van der Waals surface area contributed by atoms with Crippen LogP contribution in [0, 0.1) is 0 Å². The fourth-order valence-corrected chi connectivity index (χ4v) is 2.27. The Kier molecular flexibility index (Phi) is 7.08. The Hall–Kier alpha value is -1.69. The van der Waals surface area contributed by atoms with Crippen molar-refractivity contribution in [1.29, 1.82) is 0 Å². The molecule has 0 aliphatic carbocycles. The number of carbonyl (C=O) groups excluding carboxylic acids is 1. The Labute approximate surface area is 129 Å². The Balaban J connectivity index is 2.60. The predicted octanol–water partition coefficient (Wildman–Crippen LogP) is 3.52. The summed E-state index contributed by atoms with van der Waals surface area (Å²) >= 11 is 1.64. The fraction of sp³-hybridized carbons (Fsp3) is 0.467. The van der Waals surface area contributed by atoms with Crippen molar-refractivity contribution in [3.8, 4) is 0 Å². The minimum Gasteiger partial charge on any atom is -0.481 e. The van der Waals surface area contributed by atoms with Crippen molar-refractivity contribution in [2.75, 3.05) is 18.1 Å². The summed E-state index contributed by atoms with van der Waals surface area (Å²) in [5.41, 5.74) is 0.738. The fourth-order valence-electron chi connectivity index (χ4n) is 1.86. The zero-order chi connectivity index (χ0) is 15.8. The summed E-state index contributed by atoms with van der Waals surface area (Å²) in [5.74, 6) is -0.841. The largest absolute Gasteiger partial charge is 0.481 e. The van der Waals surface area contributed by atoms with Gasteiger partial charge in [-0.05, 0) is 50.8 Å². The number of aliphatic carboxylic acids is 1. The molecule has 2 N–H and O–H groups in total. The molecule has 0 saturated carbocycles. The first-order chi connectivity index (χ1) is 9.93. The lowest BCUT2D eigenvalue weighted by Gasteiger charge is -2.26. The van der Waals surface area contributed by atoms with Crippen molar-refractivity contribution in [3.05, 3.63) is 24.3 Å². The second kappa shape index (κ2) is 8.56. The van der Waals surface area contributed by atoms with Gasteiger partial charge in [0, 0.05) is 29.6 Å². The van der Waals surface area contributed by atoms with Crippen molar-refractivity contribution in [3.63, 3.8) is 0 Å². The van der Waals surface area contributed by atoms with E-state index in [9.17, 15) is 9.59 Å². The van der Waals surface area contributed by atoms with E-state index in [-0.39, 0.29) is 18.5 Å². The van der Waals surface area contributed by atoms with Crippen molar-refractivity contribution in [2.45, 2.75) is 37.6 Å². The van der Waals surface area contributed by atoms with Gasteiger partial charge in [0.1, 0.15) is 0 Å². The first-order valence-corrected chi connectivity index (χ1v) is 8.10. The summed E-state index contributed by atoms with van der Waals surface area (Å²) in [7, 11) is 0. The van der Waals surface area contributed by atoms with Crippen LogP contribution in [0.3, 0.4) is 0 Å². The molecule has 0 atom stereocenters. The van der Waals surface area contributed by atoms with Crippen LogP contribution in [0.5, 0.6) is 0 Å². The first kappa shape index (κ1) is 17.4. The highest BCUT2D eigenvalue weighted by atomic mass is 32.2. The van der Waals surface area contributed by atoms with Gasteiger partial charge in [-0.2, -0.15) is 0 Å². The molecular formula is C15H22N2O3S. The van der Waals surface area contributed by atoms with E-state index in [1.54, 1.807) is 16.7 Å². The van der Waals surface area contributed by atoms with E-state index in [1.165, 1.54) is 0 Å². The first-order valence-electron chi connectivity index (χ1n) is 6.87. The summed E-state index contributed by atoms with van der Waals surface area (Å²) in [6.07, 6.45) is 2.52. The molecule has 0 spiro atoms. The molecule has 2 amide bonds. The highest BCUT2D eigenvalue weighted by Gasteiger charge is 2.17. The summed E-state index contributed by atoms with van der Waals surface area (Å²) in [5, 5.41) is 11.5. The molecule has 0 heterocycles. The van der Waals surface area contributed by atoms with E-state index in [2.05, 4.69) is 5.32 Å². The number of carboxylic acids is 1. The number of benzene rings is 1. The monoisotopic (exact) mass is 310 g/mol. The average molecular weight is 310 g/mol. The van der Waals surface area contributed by atoms with Gasteiger partial charge in [-0.1, -0.05) is 0 Å². The van der Waals surface area contributed by atoms with Crippen molar-refractivity contribution in [1.82, 2.24) is 4.90 Å². The Morgan fingerprint density at radius 1 is 1.29 bits per heavy atom. The highest BCUT2D eigenvalue weighted by Crippen LogP contribution is 2.18. The maximum Gasteiger partial charge on any atom is 0.322 e. The van der Waals surface area contributed by atoms with Crippen LogP contribution >= 0.6 is 11.8 Å². The maximum atomic E-state index is 12.2. The Morgan fingerprint density at radius 2 is 1.90 bits per heavy atom. The molecule has 0 aliphatic heterocycles. The van der Waals surface area contributed by atoms with Gasteiger partial charge in [0.05, 0.1) is 0 Å². The van der Waals surface area contributed by atoms with E-state index in [0.717, 1.165) is 10.6 Å². The number of nitrogens with zero attached hydrogens (tertiary/aromatic N) is 1. The number of nitrogens with one attached hydrogen (secondary N) is 1. The van der Waals surface area contributed by atoms with Gasteiger partial charge >= 0.3 is 12.0 Å². The third-order valence-corrected chi connectivity index (χ3v) is 3.76. The van der Waals surface area contributed by atoms with Crippen LogP contribution in [0.15, 0.2) is 29.2 Å². The van der Waals surface area contributed by atoms with Gasteiger partial charge in [0.2, 0.25) is 0 Å². The standard InChI is InChI=1S/C15H22N2O3S/c1-11(2)17(10-4-5-14(18)19)15(20)16-12-6-8-13(21-3)9-7-12/h6-9,11H,4-5,10H2,1-3H3,(H,16,20)(H,18,19). The lowest BCUT2D eigenvalue weighted by Crippen LogP contribution is -2.40. The molecule has 1 aromatic carbocycles. The smallest absolute Gasteiger partial charge is 0.322 e. The quantitative estimate of drug-likeness (QED) is 0.756. The molecule has 0 fully saturated rings. The number of carbonyl (C=O) groups is 2. The summed E-state index contributed by atoms with van der Waals surface area (Å²) in [6.45, 7) is 4.26. The van der Waals surface area contributed by atoms with Crippen LogP contribution in [0.1, 0.15) is 26.7 Å². The summed E-state index contributed by atoms with van der Waals surface area (Å²) < 4.78 is 0. The molecule has 21 heavy (non-hydrogen) atoms. The van der Waals surface area contributed by atoms with E-state index in [4.69, 9.17) is 5.11 Å². The topological polar surface area (TPSA) is 69.6 Å². The molecule has 0 aromatic heterocycles. The second-order valence-corrected chi connectivity index (χ2v) is 5.82. The molecule has 0 aliphatic rings. The van der Waals surface area contributed by atoms with Gasteiger partial charge in [-0.25, -0.2) is 4.79 Å². The molecule has 0 radical (unpaired) electrons. The van der Waals surface area contributed by atoms with Crippen molar-refractivity contribution in [2.24, 2.45) is 0 Å². The van der Waals surface area contributed by atoms with Gasteiger partial charge < -0.3 is 15.3 Å². The number of carboxylic acid groups (broad SMARTS) is 1. The number of hydrogen-bond acceptors (Lipinski definition) is 3. The molecule has 1 rings (SSSR count). The third kappa shape index (κ3) is 6.08. The SMILES string of the molecule is CSc1ccc(NC(=O)N(CCCC(=O)O)C(C)C)cc1. The lowest BCUT2D eigenvalue weighted by molar-refractivity contribution is -0.137. The zero-order valence-electron chi connectivity index (χ0n) is 12.6. The van der Waals surface area contributed by atoms with Crippen LogP contribution in [-0.2, 0) is 4.79 Å². The second-order valence-electron chi connectivity index (χ2n) is 4.94. The number of rotatable bonds is 7. The average Bonchev–Trinajstić information content (AvgIpc) is 2.43. The van der Waals surface area contributed by atoms with Gasteiger partial charge in [-0.15, -0.1) is 11.8 Å². The van der Waals surface area contributed by atoms with E-state index >= 15 is 0 Å². The minimum absolute atomic E-state index is 0.0178. The van der Waals surface area contributed by atoms with Crippen LogP contribution < -0.4 is 5.32 Å². The maximum absolute atomic E-state index is 12.2. The highest BCUT2D eigenvalue weighted by molar-refractivity contribution is 7.98. The normalized spacial score (nSPS) is 10.5. The van der Waals surface area contributed by atoms with Gasteiger partial charge in [0.25, 0.3) is 0 Å². The Morgan fingerprint density at radius 3 is 2.38 bits per heavy atom. The third-order valence-electron chi connectivity index (χ3n) is 3.02. The number of amides is 2. The minimum atomic E-state index is -0.841. The number of anilines is 1. The lowest BCUT2D eigenvalue weighted by atomic mass is 10.2. The van der Waals surface area contributed by atoms with Crippen LogP contribution in [0.4, 0.5) is 10.5 Å². The van der Waals surface area contributed by atoms with Crippen molar-refractivity contribution >= 4 is 29.4 Å². The molecule has 0 bridgehead atoms. The van der Waals surface area contributed by atoms with E-state index < -0.39 is 5.97 Å². The molecule has 0 saturated heterocycles. The molecule has 116 valence electrons. The van der Waals surface area contributed by atoms with Gasteiger partial charge in [0.15, 0.2) is 0 Å². The predicted molar refractivity (Wildman–Crippen MR) is 86.0 cm³/mol. The zero-order valence-corrected chi connectivity index (χ0v) is 13.4. The van der Waals surface area contributed by atoms with Gasteiger partial charge in [-0.3, -0.25) is 4.79 Å².